The fourth-order valence-electron chi connectivity index (χ4n) is 2.71. The molecule has 0 radical (unpaired) electrons. The number of rotatable bonds is 6. The number of ether oxygens (including phenoxy) is 1. The van der Waals surface area contributed by atoms with E-state index in [-0.39, 0.29) is 12.5 Å². The van der Waals surface area contributed by atoms with Crippen LogP contribution in [0.2, 0.25) is 0 Å². The van der Waals surface area contributed by atoms with Gasteiger partial charge in [-0.3, -0.25) is 0 Å². The minimum absolute atomic E-state index is 0.125. The first kappa shape index (κ1) is 22.0. The number of hydrogen-bond donors (Lipinski definition) is 3. The number of carboxylic acids is 1. The number of alkyl carbamates (subject to hydrolysis) is 1. The molecule has 1 aliphatic carbocycles. The monoisotopic (exact) mass is 364 g/mol. The summed E-state index contributed by atoms with van der Waals surface area (Å²) in [6.45, 7) is 3.77. The zero-order valence-corrected chi connectivity index (χ0v) is 15.8. The van der Waals surface area contributed by atoms with E-state index in [4.69, 9.17) is 15.6 Å². The number of benzene rings is 1. The summed E-state index contributed by atoms with van der Waals surface area (Å²) in [5.74, 6) is -1.20. The van der Waals surface area contributed by atoms with E-state index in [1.807, 2.05) is 37.3 Å². The van der Waals surface area contributed by atoms with Gasteiger partial charge in [0.1, 0.15) is 12.6 Å². The first-order valence-corrected chi connectivity index (χ1v) is 9.39. The highest BCUT2D eigenvalue weighted by molar-refractivity contribution is 5.80. The van der Waals surface area contributed by atoms with Gasteiger partial charge >= 0.3 is 12.1 Å². The van der Waals surface area contributed by atoms with Gasteiger partial charge < -0.3 is 20.9 Å². The number of carbonyl (C=O) groups is 2. The predicted molar refractivity (Wildman–Crippen MR) is 102 cm³/mol. The van der Waals surface area contributed by atoms with E-state index >= 15 is 0 Å². The first-order valence-electron chi connectivity index (χ1n) is 9.39. The van der Waals surface area contributed by atoms with Crippen LogP contribution in [-0.2, 0) is 16.1 Å². The Bertz CT molecular complexity index is 530. The lowest BCUT2D eigenvalue weighted by Gasteiger charge is -2.19. The van der Waals surface area contributed by atoms with Crippen LogP contribution in [0.1, 0.15) is 57.9 Å². The highest BCUT2D eigenvalue weighted by Crippen LogP contribution is 2.14. The Morgan fingerprint density at radius 2 is 1.85 bits per heavy atom. The molecule has 6 nitrogen and oxygen atoms in total. The van der Waals surface area contributed by atoms with Crippen molar-refractivity contribution in [3.8, 4) is 0 Å². The third-order valence-corrected chi connectivity index (χ3v) is 4.61. The minimum atomic E-state index is -1.05. The normalized spacial score (nSPS) is 16.6. The average molecular weight is 364 g/mol. The second kappa shape index (κ2) is 12.3. The molecule has 0 aliphatic heterocycles. The second-order valence-corrected chi connectivity index (χ2v) is 6.81. The van der Waals surface area contributed by atoms with Crippen LogP contribution in [0, 0.1) is 5.92 Å². The Labute approximate surface area is 156 Å². The van der Waals surface area contributed by atoms with E-state index in [1.165, 1.54) is 32.1 Å². The zero-order valence-electron chi connectivity index (χ0n) is 15.8. The van der Waals surface area contributed by atoms with Gasteiger partial charge in [-0.2, -0.15) is 0 Å². The summed E-state index contributed by atoms with van der Waals surface area (Å²) in [6.07, 6.45) is 6.61. The Morgan fingerprint density at radius 1 is 1.23 bits per heavy atom. The number of carboxylic acid groups (broad SMARTS) is 1. The van der Waals surface area contributed by atoms with Crippen molar-refractivity contribution in [1.29, 1.82) is 0 Å². The molecule has 2 atom stereocenters. The third kappa shape index (κ3) is 8.85. The summed E-state index contributed by atoms with van der Waals surface area (Å²) in [5, 5.41) is 11.4. The molecule has 1 amide bonds. The van der Waals surface area contributed by atoms with Crippen LogP contribution in [0.3, 0.4) is 0 Å². The summed E-state index contributed by atoms with van der Waals surface area (Å²) < 4.78 is 4.99. The molecule has 4 N–H and O–H groups in total. The van der Waals surface area contributed by atoms with Crippen molar-refractivity contribution in [2.45, 2.75) is 71.1 Å². The van der Waals surface area contributed by atoms with Crippen molar-refractivity contribution < 1.29 is 19.4 Å². The maximum Gasteiger partial charge on any atom is 0.408 e. The van der Waals surface area contributed by atoms with E-state index in [1.54, 1.807) is 6.92 Å². The van der Waals surface area contributed by atoms with Crippen LogP contribution < -0.4 is 11.1 Å². The Hall–Kier alpha value is -2.08. The molecule has 2 rings (SSSR count). The number of amides is 1. The van der Waals surface area contributed by atoms with Gasteiger partial charge in [0.15, 0.2) is 0 Å². The van der Waals surface area contributed by atoms with Gasteiger partial charge in [-0.1, -0.05) is 69.9 Å². The predicted octanol–water partition coefficient (Wildman–Crippen LogP) is 3.69. The van der Waals surface area contributed by atoms with Gasteiger partial charge in [-0.25, -0.2) is 9.59 Å². The molecule has 1 aliphatic rings. The smallest absolute Gasteiger partial charge is 0.408 e. The maximum atomic E-state index is 11.6. The number of aliphatic carboxylic acids is 1. The molecule has 2 unspecified atom stereocenters. The first-order chi connectivity index (χ1) is 12.4. The minimum Gasteiger partial charge on any atom is -0.480 e. The Kier molecular flexibility index (Phi) is 10.4. The number of nitrogens with one attached hydrogen (secondary N) is 1. The largest absolute Gasteiger partial charge is 0.480 e. The van der Waals surface area contributed by atoms with Gasteiger partial charge in [-0.15, -0.1) is 0 Å². The Balaban J connectivity index is 0.000000401. The average Bonchev–Trinajstić information content (AvgIpc) is 2.65. The van der Waals surface area contributed by atoms with E-state index in [0.29, 0.717) is 12.5 Å². The van der Waals surface area contributed by atoms with E-state index in [2.05, 4.69) is 5.32 Å². The Morgan fingerprint density at radius 3 is 2.31 bits per heavy atom. The van der Waals surface area contributed by atoms with Gasteiger partial charge in [0.05, 0.1) is 0 Å². The maximum absolute atomic E-state index is 11.6. The molecule has 1 saturated carbocycles. The fraction of sp³-hybridized carbons (Fsp3) is 0.600. The van der Waals surface area contributed by atoms with Crippen LogP contribution >= 0.6 is 0 Å². The molecule has 6 heteroatoms. The molecule has 0 aromatic heterocycles. The molecule has 1 aromatic rings. The van der Waals surface area contributed by atoms with Crippen molar-refractivity contribution in [1.82, 2.24) is 5.32 Å². The van der Waals surface area contributed by atoms with E-state index in [0.717, 1.165) is 5.56 Å². The van der Waals surface area contributed by atoms with E-state index in [9.17, 15) is 9.59 Å². The molecule has 26 heavy (non-hydrogen) atoms. The van der Waals surface area contributed by atoms with E-state index < -0.39 is 18.1 Å². The zero-order chi connectivity index (χ0) is 19.4. The molecule has 1 aromatic carbocycles. The van der Waals surface area contributed by atoms with Gasteiger partial charge in [0.25, 0.3) is 0 Å². The van der Waals surface area contributed by atoms with Crippen molar-refractivity contribution in [2.24, 2.45) is 11.7 Å². The summed E-state index contributed by atoms with van der Waals surface area (Å²) in [7, 11) is 0. The van der Waals surface area contributed by atoms with Crippen molar-refractivity contribution in [2.75, 3.05) is 0 Å². The van der Waals surface area contributed by atoms with Crippen LogP contribution in [0.15, 0.2) is 30.3 Å². The lowest BCUT2D eigenvalue weighted by Crippen LogP contribution is -2.45. The summed E-state index contributed by atoms with van der Waals surface area (Å²) >= 11 is 0. The molecule has 1 fully saturated rings. The van der Waals surface area contributed by atoms with Gasteiger partial charge in [-0.05, 0) is 24.3 Å². The lowest BCUT2D eigenvalue weighted by molar-refractivity contribution is -0.140. The highest BCUT2D eigenvalue weighted by atomic mass is 16.5. The number of hydrogen-bond acceptors (Lipinski definition) is 4. The molecule has 0 bridgehead atoms. The van der Waals surface area contributed by atoms with Crippen molar-refractivity contribution in [3.63, 3.8) is 0 Å². The molecular weight excluding hydrogens is 332 g/mol. The van der Waals surface area contributed by atoms with Gasteiger partial charge in [0, 0.05) is 6.04 Å². The van der Waals surface area contributed by atoms with Crippen molar-refractivity contribution >= 4 is 12.1 Å². The van der Waals surface area contributed by atoms with Crippen LogP contribution in [-0.4, -0.2) is 29.3 Å². The highest BCUT2D eigenvalue weighted by Gasteiger charge is 2.25. The molecule has 0 heterocycles. The fourth-order valence-corrected chi connectivity index (χ4v) is 2.71. The standard InChI is InChI=1S/C14H19NO4.C6H13N/c1-3-10(2)12(13(16)17)15-14(18)19-9-11-7-5-4-6-8-11;7-6-4-2-1-3-5-6/h4-8,10,12H,3,9H2,1-2H3,(H,15,18)(H,16,17);6H,1-5,7H2. The summed E-state index contributed by atoms with van der Waals surface area (Å²) in [5.41, 5.74) is 6.49. The third-order valence-electron chi connectivity index (χ3n) is 4.61. The molecule has 0 spiro atoms. The summed E-state index contributed by atoms with van der Waals surface area (Å²) in [4.78, 5) is 22.6. The van der Waals surface area contributed by atoms with Crippen molar-refractivity contribution in [3.05, 3.63) is 35.9 Å². The lowest BCUT2D eigenvalue weighted by atomic mass is 9.97. The number of carbonyl (C=O) groups excluding carboxylic acids is 1. The SMILES string of the molecule is CCC(C)C(NC(=O)OCc1ccccc1)C(=O)O.NC1CCCCC1. The second-order valence-electron chi connectivity index (χ2n) is 6.81. The quantitative estimate of drug-likeness (QED) is 0.714. The molecule has 0 saturated heterocycles. The molecule has 146 valence electrons. The molecular formula is C20H32N2O4. The van der Waals surface area contributed by atoms with Crippen LogP contribution in [0.5, 0.6) is 0 Å². The topological polar surface area (TPSA) is 102 Å². The van der Waals surface area contributed by atoms with Crippen LogP contribution in [0.25, 0.3) is 0 Å². The van der Waals surface area contributed by atoms with Crippen LogP contribution in [0.4, 0.5) is 4.79 Å². The number of nitrogens with two attached hydrogens (primary N) is 1. The van der Waals surface area contributed by atoms with Gasteiger partial charge in [0.2, 0.25) is 0 Å². The summed E-state index contributed by atoms with van der Waals surface area (Å²) in [6, 6.07) is 8.83.